The van der Waals surface area contributed by atoms with Gasteiger partial charge < -0.3 is 14.6 Å². The molecule has 8 heteroatoms. The first kappa shape index (κ1) is 19.5. The van der Waals surface area contributed by atoms with Crippen LogP contribution in [0.1, 0.15) is 16.1 Å². The van der Waals surface area contributed by atoms with Crippen molar-refractivity contribution in [3.63, 3.8) is 0 Å². The minimum atomic E-state index is -3.75. The van der Waals surface area contributed by atoms with Crippen molar-refractivity contribution >= 4 is 27.3 Å². The van der Waals surface area contributed by atoms with Crippen molar-refractivity contribution in [1.29, 1.82) is 0 Å². The second-order valence-electron chi connectivity index (χ2n) is 6.33. The quantitative estimate of drug-likeness (QED) is 0.637. The van der Waals surface area contributed by atoms with Crippen LogP contribution < -0.4 is 14.9 Å². The Morgan fingerprint density at radius 3 is 2.25 bits per heavy atom. The number of sulfonamides is 1. The summed E-state index contributed by atoms with van der Waals surface area (Å²) in [5, 5.41) is 2.71. The van der Waals surface area contributed by atoms with Crippen molar-refractivity contribution in [3.05, 3.63) is 78.3 Å². The van der Waals surface area contributed by atoms with Crippen molar-refractivity contribution < 1.29 is 17.6 Å². The van der Waals surface area contributed by atoms with Crippen LogP contribution in [0.25, 0.3) is 0 Å². The summed E-state index contributed by atoms with van der Waals surface area (Å²) < 4.78 is 32.8. The van der Waals surface area contributed by atoms with Crippen LogP contribution in [-0.2, 0) is 16.6 Å². The molecule has 7 nitrogen and oxygen atoms in total. The summed E-state index contributed by atoms with van der Waals surface area (Å²) in [6.07, 6.45) is 1.53. The molecular weight excluding hydrogens is 378 g/mol. The maximum absolute atomic E-state index is 12.5. The number of anilines is 2. The molecular formula is C20H21N3O4S. The highest BCUT2D eigenvalue weighted by Crippen LogP contribution is 2.20. The first-order valence-corrected chi connectivity index (χ1v) is 10.0. The number of nitrogens with one attached hydrogen (secondary N) is 2. The van der Waals surface area contributed by atoms with E-state index in [4.69, 9.17) is 4.42 Å². The molecule has 1 heterocycles. The summed E-state index contributed by atoms with van der Waals surface area (Å²) in [7, 11) is 0.0695. The molecule has 0 aliphatic heterocycles. The largest absolute Gasteiger partial charge is 0.467 e. The molecule has 146 valence electrons. The molecule has 2 aromatic carbocycles. The molecule has 0 unspecified atom stereocenters. The predicted octanol–water partition coefficient (Wildman–Crippen LogP) is 3.08. The van der Waals surface area contributed by atoms with E-state index in [1.807, 2.05) is 31.1 Å². The van der Waals surface area contributed by atoms with Gasteiger partial charge in [-0.3, -0.25) is 9.52 Å². The maximum Gasteiger partial charge on any atom is 0.261 e. The van der Waals surface area contributed by atoms with E-state index in [-0.39, 0.29) is 17.3 Å². The van der Waals surface area contributed by atoms with Crippen molar-refractivity contribution in [2.24, 2.45) is 0 Å². The molecule has 0 aliphatic carbocycles. The van der Waals surface area contributed by atoms with E-state index in [1.54, 1.807) is 24.3 Å². The molecule has 3 aromatic rings. The highest BCUT2D eigenvalue weighted by molar-refractivity contribution is 7.92. The van der Waals surface area contributed by atoms with Gasteiger partial charge >= 0.3 is 0 Å². The smallest absolute Gasteiger partial charge is 0.261 e. The standard InChI is InChI=1S/C20H21N3O4S/c1-23(2)17-9-7-16(8-10-17)22-28(25,26)19-11-5-15(6-12-19)20(24)21-14-18-4-3-13-27-18/h3-13,22H,14H2,1-2H3,(H,21,24). The van der Waals surface area contributed by atoms with Crippen molar-refractivity contribution in [2.75, 3.05) is 23.7 Å². The third-order valence-corrected chi connectivity index (χ3v) is 5.46. The van der Waals surface area contributed by atoms with E-state index >= 15 is 0 Å². The molecule has 3 rings (SSSR count). The molecule has 0 saturated carbocycles. The number of amides is 1. The van der Waals surface area contributed by atoms with Gasteiger partial charge in [0.05, 0.1) is 17.7 Å². The zero-order valence-electron chi connectivity index (χ0n) is 15.5. The summed E-state index contributed by atoms with van der Waals surface area (Å²) in [5.41, 5.74) is 1.79. The molecule has 0 atom stereocenters. The van der Waals surface area contributed by atoms with Gasteiger partial charge in [0, 0.05) is 31.0 Å². The van der Waals surface area contributed by atoms with Gasteiger partial charge in [0.15, 0.2) is 0 Å². The molecule has 28 heavy (non-hydrogen) atoms. The van der Waals surface area contributed by atoms with Gasteiger partial charge in [0.25, 0.3) is 15.9 Å². The van der Waals surface area contributed by atoms with Crippen LogP contribution in [0.2, 0.25) is 0 Å². The lowest BCUT2D eigenvalue weighted by molar-refractivity contribution is 0.0948. The molecule has 0 bridgehead atoms. The molecule has 0 fully saturated rings. The Hall–Kier alpha value is -3.26. The lowest BCUT2D eigenvalue weighted by Crippen LogP contribution is -2.22. The average molecular weight is 399 g/mol. The van der Waals surface area contributed by atoms with Gasteiger partial charge in [-0.05, 0) is 60.7 Å². The number of furan rings is 1. The second-order valence-corrected chi connectivity index (χ2v) is 8.02. The van der Waals surface area contributed by atoms with E-state index in [0.29, 0.717) is 17.0 Å². The van der Waals surface area contributed by atoms with E-state index in [9.17, 15) is 13.2 Å². The summed E-state index contributed by atoms with van der Waals surface area (Å²) in [6.45, 7) is 0.260. The van der Waals surface area contributed by atoms with Crippen molar-refractivity contribution in [1.82, 2.24) is 5.32 Å². The number of hydrogen-bond acceptors (Lipinski definition) is 5. The van der Waals surface area contributed by atoms with E-state index in [2.05, 4.69) is 10.0 Å². The normalized spacial score (nSPS) is 11.1. The Bertz CT molecular complexity index is 1030. The third kappa shape index (κ3) is 4.72. The molecule has 0 spiro atoms. The van der Waals surface area contributed by atoms with Gasteiger partial charge in [-0.25, -0.2) is 8.42 Å². The Morgan fingerprint density at radius 2 is 1.68 bits per heavy atom. The highest BCUT2D eigenvalue weighted by Gasteiger charge is 2.15. The van der Waals surface area contributed by atoms with Crippen LogP contribution in [0.4, 0.5) is 11.4 Å². The summed E-state index contributed by atoms with van der Waals surface area (Å²) in [6, 6.07) is 16.3. The summed E-state index contributed by atoms with van der Waals surface area (Å²) >= 11 is 0. The highest BCUT2D eigenvalue weighted by atomic mass is 32.2. The SMILES string of the molecule is CN(C)c1ccc(NS(=O)(=O)c2ccc(C(=O)NCc3ccco3)cc2)cc1. The van der Waals surface area contributed by atoms with Crippen molar-refractivity contribution in [3.8, 4) is 0 Å². The van der Waals surface area contributed by atoms with Gasteiger partial charge in [0.1, 0.15) is 5.76 Å². The van der Waals surface area contributed by atoms with Gasteiger partial charge in [-0.2, -0.15) is 0 Å². The zero-order chi connectivity index (χ0) is 20.1. The number of benzene rings is 2. The third-order valence-electron chi connectivity index (χ3n) is 4.07. The lowest BCUT2D eigenvalue weighted by Gasteiger charge is -2.13. The van der Waals surface area contributed by atoms with Crippen LogP contribution in [0.15, 0.2) is 76.2 Å². The number of carbonyl (C=O) groups excluding carboxylic acids is 1. The summed E-state index contributed by atoms with van der Waals surface area (Å²) in [5.74, 6) is 0.324. The Labute approximate surface area is 164 Å². The second kappa shape index (κ2) is 8.18. The van der Waals surface area contributed by atoms with Gasteiger partial charge in [0.2, 0.25) is 0 Å². The molecule has 1 amide bonds. The van der Waals surface area contributed by atoms with Gasteiger partial charge in [-0.1, -0.05) is 0 Å². The number of rotatable bonds is 7. The number of carbonyl (C=O) groups is 1. The van der Waals surface area contributed by atoms with Crippen LogP contribution in [0, 0.1) is 0 Å². The first-order valence-electron chi connectivity index (χ1n) is 8.56. The predicted molar refractivity (Wildman–Crippen MR) is 108 cm³/mol. The Balaban J connectivity index is 1.66. The topological polar surface area (TPSA) is 91.7 Å². The average Bonchev–Trinajstić information content (AvgIpc) is 3.20. The molecule has 2 N–H and O–H groups in total. The maximum atomic E-state index is 12.5. The van der Waals surface area contributed by atoms with Crippen LogP contribution in [0.5, 0.6) is 0 Å². The van der Waals surface area contributed by atoms with Crippen LogP contribution in [-0.4, -0.2) is 28.4 Å². The number of nitrogens with zero attached hydrogens (tertiary/aromatic N) is 1. The monoisotopic (exact) mass is 399 g/mol. The lowest BCUT2D eigenvalue weighted by atomic mass is 10.2. The van der Waals surface area contributed by atoms with E-state index < -0.39 is 10.0 Å². The van der Waals surface area contributed by atoms with Gasteiger partial charge in [-0.15, -0.1) is 0 Å². The fraction of sp³-hybridized carbons (Fsp3) is 0.150. The minimum Gasteiger partial charge on any atom is -0.467 e. The first-order chi connectivity index (χ1) is 13.3. The van der Waals surface area contributed by atoms with Crippen molar-refractivity contribution in [2.45, 2.75) is 11.4 Å². The molecule has 1 aromatic heterocycles. The Morgan fingerprint density at radius 1 is 1.00 bits per heavy atom. The summed E-state index contributed by atoms with van der Waals surface area (Å²) in [4.78, 5) is 14.2. The molecule has 0 aliphatic rings. The molecule has 0 saturated heterocycles. The Kier molecular flexibility index (Phi) is 5.70. The minimum absolute atomic E-state index is 0.0757. The fourth-order valence-corrected chi connectivity index (χ4v) is 3.57. The van der Waals surface area contributed by atoms with E-state index in [1.165, 1.54) is 30.5 Å². The van der Waals surface area contributed by atoms with Crippen LogP contribution >= 0.6 is 0 Å². The number of hydrogen-bond donors (Lipinski definition) is 2. The fourth-order valence-electron chi connectivity index (χ4n) is 2.51. The molecule has 0 radical (unpaired) electrons. The zero-order valence-corrected chi connectivity index (χ0v) is 16.4. The van der Waals surface area contributed by atoms with E-state index in [0.717, 1.165) is 5.69 Å². The van der Waals surface area contributed by atoms with Crippen LogP contribution in [0.3, 0.4) is 0 Å².